The molecule has 2 heterocycles. The third kappa shape index (κ3) is 3.32. The van der Waals surface area contributed by atoms with E-state index in [1.807, 2.05) is 49.4 Å². The average molecular weight is 510 g/mol. The molecule has 0 radical (unpaired) electrons. The van der Waals surface area contributed by atoms with Crippen molar-refractivity contribution in [3.8, 4) is 0 Å². The summed E-state index contributed by atoms with van der Waals surface area (Å²) < 4.78 is 6.09. The van der Waals surface area contributed by atoms with Gasteiger partial charge in [0.25, 0.3) is 0 Å². The maximum absolute atomic E-state index is 13.7. The van der Waals surface area contributed by atoms with E-state index in [4.69, 9.17) is 32.8 Å². The highest BCUT2D eigenvalue weighted by Gasteiger charge is 2.68. The monoisotopic (exact) mass is 509 g/mol. The summed E-state index contributed by atoms with van der Waals surface area (Å²) in [7, 11) is 0. The van der Waals surface area contributed by atoms with Gasteiger partial charge in [0.2, 0.25) is 5.60 Å². The number of ether oxygens (including phenoxy) is 1. The molecule has 35 heavy (non-hydrogen) atoms. The number of carbonyl (C=O) groups excluding carboxylic acids is 2. The maximum Gasteiger partial charge on any atom is 0.342 e. The summed E-state index contributed by atoms with van der Waals surface area (Å²) in [5.74, 6) is -0.640. The highest BCUT2D eigenvalue weighted by Crippen LogP contribution is 2.60. The number of hydroxylamine groups is 1. The standard InChI is InChI=1S/C28H25Cl2NO4/c1-16-23(32)11-13-27(2)12-10-20-25(24(16)27)34-26(33)28(20)15-22(19-14-17(29)8-9-21(19)30)31(35-28)18-6-4-3-5-7-18/h3-9,11,13-14,20,22,25H,10,12,15H2,1-2H3/t20-,22+,25+,27+,28+/m1/s1. The van der Waals surface area contributed by atoms with E-state index in [9.17, 15) is 9.59 Å². The van der Waals surface area contributed by atoms with E-state index in [0.717, 1.165) is 29.7 Å². The molecule has 2 aromatic carbocycles. The zero-order chi connectivity index (χ0) is 24.5. The van der Waals surface area contributed by atoms with Crippen molar-refractivity contribution in [3.05, 3.63) is 87.4 Å². The summed E-state index contributed by atoms with van der Waals surface area (Å²) >= 11 is 13.0. The number of fused-ring (bicyclic) bond motifs is 4. The summed E-state index contributed by atoms with van der Waals surface area (Å²) in [5, 5.41) is 2.90. The Morgan fingerprint density at radius 1 is 1.09 bits per heavy atom. The third-order valence-corrected chi connectivity index (χ3v) is 8.74. The van der Waals surface area contributed by atoms with Crippen molar-refractivity contribution in [1.29, 1.82) is 0 Å². The minimum Gasteiger partial charge on any atom is -0.455 e. The van der Waals surface area contributed by atoms with Crippen LogP contribution in [0.3, 0.4) is 0 Å². The Morgan fingerprint density at radius 3 is 2.63 bits per heavy atom. The van der Waals surface area contributed by atoms with Crippen LogP contribution in [0, 0.1) is 11.3 Å². The molecule has 1 saturated carbocycles. The molecule has 2 aliphatic carbocycles. The summed E-state index contributed by atoms with van der Waals surface area (Å²) in [6.07, 6.45) is 5.02. The summed E-state index contributed by atoms with van der Waals surface area (Å²) in [6, 6.07) is 14.7. The summed E-state index contributed by atoms with van der Waals surface area (Å²) in [4.78, 5) is 32.9. The highest BCUT2D eigenvalue weighted by molar-refractivity contribution is 6.33. The molecule has 0 amide bonds. The molecule has 0 N–H and O–H groups in total. The van der Waals surface area contributed by atoms with E-state index in [-0.39, 0.29) is 29.1 Å². The van der Waals surface area contributed by atoms with Crippen molar-refractivity contribution in [1.82, 2.24) is 0 Å². The molecule has 4 aliphatic rings. The predicted octanol–water partition coefficient (Wildman–Crippen LogP) is 6.41. The average Bonchev–Trinajstić information content (AvgIpc) is 3.37. The van der Waals surface area contributed by atoms with Gasteiger partial charge in [0.15, 0.2) is 5.78 Å². The molecular weight excluding hydrogens is 485 g/mol. The lowest BCUT2D eigenvalue weighted by Crippen LogP contribution is -2.47. The quantitative estimate of drug-likeness (QED) is 0.437. The van der Waals surface area contributed by atoms with Gasteiger partial charge in [-0.1, -0.05) is 54.4 Å². The molecule has 2 saturated heterocycles. The molecule has 0 aromatic heterocycles. The second kappa shape index (κ2) is 7.95. The number of allylic oxidation sites excluding steroid dienone is 3. The molecule has 180 valence electrons. The third-order valence-electron chi connectivity index (χ3n) is 8.16. The minimum absolute atomic E-state index is 0.0306. The topological polar surface area (TPSA) is 55.8 Å². The number of carbonyl (C=O) groups is 2. The summed E-state index contributed by atoms with van der Waals surface area (Å²) in [5.41, 5.74) is 1.69. The molecule has 0 unspecified atom stereocenters. The summed E-state index contributed by atoms with van der Waals surface area (Å²) in [6.45, 7) is 3.95. The number of hydrogen-bond donors (Lipinski definition) is 0. The van der Waals surface area contributed by atoms with Crippen LogP contribution in [0.4, 0.5) is 5.69 Å². The maximum atomic E-state index is 13.7. The Balaban J connectivity index is 1.46. The van der Waals surface area contributed by atoms with Crippen LogP contribution in [-0.2, 0) is 19.2 Å². The Hall–Kier alpha value is -2.60. The molecule has 5 atom stereocenters. The van der Waals surface area contributed by atoms with Gasteiger partial charge in [-0.25, -0.2) is 9.86 Å². The van der Waals surface area contributed by atoms with Crippen LogP contribution >= 0.6 is 23.2 Å². The Bertz CT molecular complexity index is 1310. The van der Waals surface area contributed by atoms with E-state index in [1.54, 1.807) is 23.3 Å². The number of ketones is 1. The fraction of sp³-hybridized carbons (Fsp3) is 0.357. The SMILES string of the molecule is CC1=C2[C@H]3OC(=O)[C@]4(C[C@@H](c5cc(Cl)ccc5Cl)N(c5ccccc5)O4)[C@@H]3CC[C@@]2(C)C=CC1=O. The molecule has 0 bridgehead atoms. The van der Waals surface area contributed by atoms with Crippen LogP contribution in [-0.4, -0.2) is 23.5 Å². The Kier molecular flexibility index (Phi) is 5.19. The Morgan fingerprint density at radius 2 is 1.86 bits per heavy atom. The molecule has 2 aromatic rings. The number of benzene rings is 2. The van der Waals surface area contributed by atoms with Gasteiger partial charge in [-0.2, -0.15) is 0 Å². The van der Waals surface area contributed by atoms with Gasteiger partial charge >= 0.3 is 5.97 Å². The van der Waals surface area contributed by atoms with E-state index < -0.39 is 11.7 Å². The molecule has 2 aliphatic heterocycles. The van der Waals surface area contributed by atoms with Crippen molar-refractivity contribution >= 4 is 40.6 Å². The van der Waals surface area contributed by atoms with Crippen molar-refractivity contribution in [2.75, 3.05) is 5.06 Å². The van der Waals surface area contributed by atoms with E-state index in [0.29, 0.717) is 22.0 Å². The van der Waals surface area contributed by atoms with Gasteiger partial charge < -0.3 is 4.74 Å². The lowest BCUT2D eigenvalue weighted by atomic mass is 9.60. The predicted molar refractivity (Wildman–Crippen MR) is 134 cm³/mol. The van der Waals surface area contributed by atoms with Crippen molar-refractivity contribution in [2.45, 2.75) is 50.9 Å². The second-order valence-electron chi connectivity index (χ2n) is 10.2. The zero-order valence-electron chi connectivity index (χ0n) is 19.5. The lowest BCUT2D eigenvalue weighted by molar-refractivity contribution is -0.157. The van der Waals surface area contributed by atoms with Crippen molar-refractivity contribution in [2.24, 2.45) is 11.3 Å². The van der Waals surface area contributed by atoms with Gasteiger partial charge in [-0.3, -0.25) is 9.63 Å². The van der Waals surface area contributed by atoms with Crippen molar-refractivity contribution in [3.63, 3.8) is 0 Å². The lowest BCUT2D eigenvalue weighted by Gasteiger charge is -2.44. The van der Waals surface area contributed by atoms with Gasteiger partial charge in [0, 0.05) is 33.4 Å². The van der Waals surface area contributed by atoms with Crippen molar-refractivity contribution < 1.29 is 19.2 Å². The number of hydrogen-bond acceptors (Lipinski definition) is 5. The van der Waals surface area contributed by atoms with E-state index in [1.165, 1.54) is 0 Å². The van der Waals surface area contributed by atoms with Crippen LogP contribution < -0.4 is 5.06 Å². The van der Waals surface area contributed by atoms with Crippen LogP contribution in [0.15, 0.2) is 71.8 Å². The van der Waals surface area contributed by atoms with Gasteiger partial charge in [-0.15, -0.1) is 0 Å². The first-order valence-corrected chi connectivity index (χ1v) is 12.6. The van der Waals surface area contributed by atoms with Crippen LogP contribution in [0.2, 0.25) is 10.0 Å². The van der Waals surface area contributed by atoms with Gasteiger partial charge in [0.1, 0.15) is 6.10 Å². The number of halogens is 2. The first-order chi connectivity index (χ1) is 16.7. The van der Waals surface area contributed by atoms with E-state index >= 15 is 0 Å². The second-order valence-corrected chi connectivity index (χ2v) is 11.0. The van der Waals surface area contributed by atoms with Crippen LogP contribution in [0.1, 0.15) is 44.7 Å². The molecular formula is C28H25Cl2NO4. The highest BCUT2D eigenvalue weighted by atomic mass is 35.5. The molecule has 6 rings (SSSR count). The fourth-order valence-corrected chi connectivity index (χ4v) is 6.81. The van der Waals surface area contributed by atoms with Gasteiger partial charge in [-0.05, 0) is 67.3 Å². The normalized spacial score (nSPS) is 33.8. The zero-order valence-corrected chi connectivity index (χ0v) is 21.0. The molecule has 7 heteroatoms. The van der Waals surface area contributed by atoms with Crippen LogP contribution in [0.5, 0.6) is 0 Å². The number of rotatable bonds is 2. The molecule has 1 spiro atoms. The number of para-hydroxylation sites is 1. The van der Waals surface area contributed by atoms with Gasteiger partial charge in [0.05, 0.1) is 11.7 Å². The first-order valence-electron chi connectivity index (χ1n) is 11.9. The Labute approximate surface area is 214 Å². The smallest absolute Gasteiger partial charge is 0.342 e. The largest absolute Gasteiger partial charge is 0.455 e. The fourth-order valence-electron chi connectivity index (χ4n) is 6.38. The number of anilines is 1. The minimum atomic E-state index is -1.18. The molecule has 5 nitrogen and oxygen atoms in total. The van der Waals surface area contributed by atoms with E-state index in [2.05, 4.69) is 6.92 Å². The first kappa shape index (κ1) is 22.8. The number of nitrogens with zero attached hydrogens (tertiary/aromatic N) is 1. The van der Waals surface area contributed by atoms with Crippen LogP contribution in [0.25, 0.3) is 0 Å². The number of esters is 1. The molecule has 3 fully saturated rings.